The van der Waals surface area contributed by atoms with Gasteiger partial charge in [-0.25, -0.2) is 4.98 Å². The first-order valence-corrected chi connectivity index (χ1v) is 19.4. The third-order valence-electron chi connectivity index (χ3n) is 7.25. The van der Waals surface area contributed by atoms with E-state index in [2.05, 4.69) is 58.5 Å². The number of fused-ring (bicyclic) bond motifs is 2. The van der Waals surface area contributed by atoms with Gasteiger partial charge in [-0.15, -0.1) is 0 Å². The minimum atomic E-state index is -1.95. The van der Waals surface area contributed by atoms with Crippen molar-refractivity contribution in [1.29, 1.82) is 0 Å². The molecule has 0 spiro atoms. The van der Waals surface area contributed by atoms with Gasteiger partial charge in [-0.1, -0.05) is 52.0 Å². The van der Waals surface area contributed by atoms with E-state index in [0.29, 0.717) is 37.7 Å². The molecule has 2 aliphatic heterocycles. The van der Waals surface area contributed by atoms with Crippen LogP contribution < -0.4 is 4.74 Å². The van der Waals surface area contributed by atoms with Gasteiger partial charge in [0.2, 0.25) is 0 Å². The summed E-state index contributed by atoms with van der Waals surface area (Å²) in [4.78, 5) is 8.93. The highest BCUT2D eigenvalue weighted by atomic mass is 35.5. The van der Waals surface area contributed by atoms with E-state index in [1.807, 2.05) is 4.57 Å². The van der Waals surface area contributed by atoms with E-state index in [4.69, 9.17) is 40.0 Å². The molecule has 8 nitrogen and oxygen atoms in total. The highest BCUT2D eigenvalue weighted by molar-refractivity contribution is 6.76. The fourth-order valence-corrected chi connectivity index (χ4v) is 6.27. The van der Waals surface area contributed by atoms with Crippen molar-refractivity contribution in [3.63, 3.8) is 0 Å². The Morgan fingerprint density at radius 2 is 1.74 bits per heavy atom. The number of nitrogens with zero attached hydrogens (tertiary/aromatic N) is 3. The fourth-order valence-electron chi connectivity index (χ4n) is 4.05. The molecule has 0 saturated carbocycles. The molecule has 2 aromatic heterocycles. The zero-order chi connectivity index (χ0) is 25.6. The molecular weight excluding hydrogens is 502 g/mol. The average molecular weight is 542 g/mol. The predicted molar refractivity (Wildman–Crippen MR) is 143 cm³/mol. The smallest absolute Gasteiger partial charge is 0.299 e. The molecule has 4 atom stereocenters. The number of pyridine rings is 1. The summed E-state index contributed by atoms with van der Waals surface area (Å²) < 4.78 is 33.3. The van der Waals surface area contributed by atoms with Crippen LogP contribution in [0.3, 0.4) is 0 Å². The maximum absolute atomic E-state index is 6.63. The van der Waals surface area contributed by atoms with Crippen molar-refractivity contribution in [2.24, 2.45) is 0 Å². The Kier molecular flexibility index (Phi) is 7.75. The summed E-state index contributed by atoms with van der Waals surface area (Å²) in [5, 5.41) is 0.511. The minimum absolute atomic E-state index is 0.0822. The van der Waals surface area contributed by atoms with Gasteiger partial charge >= 0.3 is 0 Å². The fraction of sp³-hybridized carbons (Fsp3) is 0.750. The molecule has 2 aliphatic rings. The second kappa shape index (κ2) is 10.0. The lowest BCUT2D eigenvalue weighted by Gasteiger charge is -2.39. The maximum Gasteiger partial charge on any atom is 0.299 e. The van der Waals surface area contributed by atoms with Crippen LogP contribution in [0, 0.1) is 0 Å². The van der Waals surface area contributed by atoms with Crippen LogP contribution in [0.5, 0.6) is 6.01 Å². The van der Waals surface area contributed by atoms with Gasteiger partial charge in [0.1, 0.15) is 24.1 Å². The van der Waals surface area contributed by atoms with Crippen LogP contribution in [0.1, 0.15) is 20.8 Å². The second-order valence-corrected chi connectivity index (χ2v) is 23.1. The van der Waals surface area contributed by atoms with Crippen molar-refractivity contribution in [2.45, 2.75) is 95.7 Å². The molecule has 0 N–H and O–H groups in total. The molecule has 4 rings (SSSR count). The first-order valence-electron chi connectivity index (χ1n) is 12.4. The zero-order valence-corrected chi connectivity index (χ0v) is 25.0. The Hall–Kier alpha value is -1.02. The number of hydrogen-bond acceptors (Lipinski definition) is 7. The van der Waals surface area contributed by atoms with E-state index >= 15 is 0 Å². The molecule has 1 unspecified atom stereocenters. The summed E-state index contributed by atoms with van der Waals surface area (Å²) in [6.07, 6.45) is 1.00. The Balaban J connectivity index is 1.48. The van der Waals surface area contributed by atoms with Crippen molar-refractivity contribution >= 4 is 39.0 Å². The standard InChI is InChI=1S/C24H40ClN3O5Si2/c1-24(2,3)35(7,8)33-19-14-31-21-18(13-30-22(19)21)32-23-27-16-11-20(25)26-12-17(16)28(23)15-29-9-10-34(4,5)6/h11-12,18-19,21-22H,9-10,13-15H2,1-8H3/t18-,19?,21-,22-/m1/s1. The molecule has 2 saturated heterocycles. The molecule has 0 bridgehead atoms. The highest BCUT2D eigenvalue weighted by Gasteiger charge is 2.52. The van der Waals surface area contributed by atoms with Crippen molar-refractivity contribution in [3.05, 3.63) is 17.4 Å². The number of imidazole rings is 1. The number of ether oxygens (including phenoxy) is 4. The van der Waals surface area contributed by atoms with Gasteiger partial charge in [0.05, 0.1) is 36.5 Å². The average Bonchev–Trinajstić information content (AvgIpc) is 3.39. The van der Waals surface area contributed by atoms with Gasteiger partial charge in [-0.2, -0.15) is 4.98 Å². The van der Waals surface area contributed by atoms with Crippen LogP contribution in [0.4, 0.5) is 0 Å². The molecule has 0 aliphatic carbocycles. The molecule has 0 amide bonds. The number of halogens is 1. The van der Waals surface area contributed by atoms with Crippen molar-refractivity contribution in [3.8, 4) is 6.01 Å². The highest BCUT2D eigenvalue weighted by Crippen LogP contribution is 2.40. The first kappa shape index (κ1) is 27.0. The van der Waals surface area contributed by atoms with E-state index < -0.39 is 16.4 Å². The molecule has 196 valence electrons. The van der Waals surface area contributed by atoms with Crippen LogP contribution in [-0.4, -0.2) is 75.2 Å². The SMILES string of the molecule is CC(C)(C)[Si](C)(C)OC1CO[C@H]2[C@@H]1OC[C@H]2Oc1nc2cc(Cl)ncc2n1COCC[Si](C)(C)C. The summed E-state index contributed by atoms with van der Waals surface area (Å²) in [6.45, 7) is 20.2. The van der Waals surface area contributed by atoms with Crippen molar-refractivity contribution in [2.75, 3.05) is 19.8 Å². The van der Waals surface area contributed by atoms with E-state index in [1.54, 1.807) is 12.3 Å². The second-order valence-electron chi connectivity index (χ2n) is 12.3. The van der Waals surface area contributed by atoms with Crippen LogP contribution in [0.25, 0.3) is 11.0 Å². The Bertz CT molecular complexity index is 1040. The van der Waals surface area contributed by atoms with Crippen LogP contribution in [0.2, 0.25) is 49.0 Å². The third-order valence-corrected chi connectivity index (χ3v) is 13.7. The molecule has 2 fully saturated rings. The van der Waals surface area contributed by atoms with Gasteiger partial charge < -0.3 is 23.4 Å². The number of rotatable bonds is 9. The van der Waals surface area contributed by atoms with Crippen LogP contribution >= 0.6 is 11.6 Å². The van der Waals surface area contributed by atoms with Crippen molar-refractivity contribution in [1.82, 2.24) is 14.5 Å². The molecule has 35 heavy (non-hydrogen) atoms. The van der Waals surface area contributed by atoms with Gasteiger partial charge in [0.25, 0.3) is 6.01 Å². The molecule has 2 aromatic rings. The Morgan fingerprint density at radius 1 is 1.09 bits per heavy atom. The van der Waals surface area contributed by atoms with Gasteiger partial charge in [-0.05, 0) is 24.2 Å². The summed E-state index contributed by atoms with van der Waals surface area (Å²) >= 11 is 6.12. The molecule has 0 radical (unpaired) electrons. The summed E-state index contributed by atoms with van der Waals surface area (Å²) in [7, 11) is -3.13. The Morgan fingerprint density at radius 3 is 2.40 bits per heavy atom. The van der Waals surface area contributed by atoms with Crippen LogP contribution in [0.15, 0.2) is 12.3 Å². The number of aromatic nitrogens is 3. The van der Waals surface area contributed by atoms with Crippen molar-refractivity contribution < 1.29 is 23.4 Å². The van der Waals surface area contributed by atoms with E-state index in [0.717, 1.165) is 17.1 Å². The first-order chi connectivity index (χ1) is 16.2. The summed E-state index contributed by atoms with van der Waals surface area (Å²) in [6, 6.07) is 3.29. The van der Waals surface area contributed by atoms with Gasteiger partial charge in [0.15, 0.2) is 14.4 Å². The topological polar surface area (TPSA) is 76.9 Å². The van der Waals surface area contributed by atoms with Gasteiger partial charge in [0, 0.05) is 20.7 Å². The van der Waals surface area contributed by atoms with Gasteiger partial charge in [-0.3, -0.25) is 4.57 Å². The molecule has 4 heterocycles. The maximum atomic E-state index is 6.63. The Labute approximate surface area is 215 Å². The zero-order valence-electron chi connectivity index (χ0n) is 22.3. The van der Waals surface area contributed by atoms with E-state index in [1.165, 1.54) is 0 Å². The normalized spacial score (nSPS) is 25.4. The lowest BCUT2D eigenvalue weighted by atomic mass is 10.1. The monoisotopic (exact) mass is 541 g/mol. The molecule has 0 aromatic carbocycles. The van der Waals surface area contributed by atoms with E-state index in [9.17, 15) is 0 Å². The predicted octanol–water partition coefficient (Wildman–Crippen LogP) is 5.33. The third kappa shape index (κ3) is 6.11. The summed E-state index contributed by atoms with van der Waals surface area (Å²) in [5.74, 6) is 0. The number of hydrogen-bond donors (Lipinski definition) is 0. The largest absolute Gasteiger partial charge is 0.456 e. The molecular formula is C24H40ClN3O5Si2. The van der Waals surface area contributed by atoms with E-state index in [-0.39, 0.29) is 29.5 Å². The lowest BCUT2D eigenvalue weighted by molar-refractivity contribution is 0.00691. The minimum Gasteiger partial charge on any atom is -0.456 e. The molecule has 11 heteroatoms. The lowest BCUT2D eigenvalue weighted by Crippen LogP contribution is -2.47. The van der Waals surface area contributed by atoms with Crippen LogP contribution in [-0.2, 0) is 25.4 Å². The quantitative estimate of drug-likeness (QED) is 0.241. The summed E-state index contributed by atoms with van der Waals surface area (Å²) in [5.41, 5.74) is 1.54.